The van der Waals surface area contributed by atoms with Crippen LogP contribution < -0.4 is 11.1 Å². The molecule has 1 aromatic carbocycles. The largest absolute Gasteiger partial charge is 0.351 e. The molecule has 0 aliphatic heterocycles. The van der Waals surface area contributed by atoms with Crippen molar-refractivity contribution < 1.29 is 9.18 Å². The monoisotopic (exact) mass is 280 g/mol. The second-order valence-corrected chi connectivity index (χ2v) is 5.77. The van der Waals surface area contributed by atoms with Gasteiger partial charge in [-0.3, -0.25) is 4.79 Å². The molecule has 5 heteroatoms. The van der Waals surface area contributed by atoms with Crippen molar-refractivity contribution in [2.75, 3.05) is 6.54 Å². The third-order valence-electron chi connectivity index (χ3n) is 2.99. The standard InChI is InChI=1S/C14H17FN2OS/c1-8(16)5-6-17-14(18)13-9(2)11-7-10(15)3-4-12(11)19-13/h3-4,7-8H,5-6,16H2,1-2H3,(H,17,18). The fourth-order valence-corrected chi connectivity index (χ4v) is 3.01. The van der Waals surface area contributed by atoms with E-state index in [-0.39, 0.29) is 17.8 Å². The number of nitrogens with two attached hydrogens (primary N) is 1. The van der Waals surface area contributed by atoms with Crippen LogP contribution in [0.5, 0.6) is 0 Å². The van der Waals surface area contributed by atoms with Gasteiger partial charge in [-0.05, 0) is 49.4 Å². The van der Waals surface area contributed by atoms with Crippen LogP contribution >= 0.6 is 11.3 Å². The van der Waals surface area contributed by atoms with Gasteiger partial charge in [0.15, 0.2) is 0 Å². The first-order valence-corrected chi connectivity index (χ1v) is 7.03. The van der Waals surface area contributed by atoms with Gasteiger partial charge in [-0.2, -0.15) is 0 Å². The third kappa shape index (κ3) is 3.11. The van der Waals surface area contributed by atoms with Crippen LogP contribution in [0, 0.1) is 12.7 Å². The lowest BCUT2D eigenvalue weighted by Gasteiger charge is -2.06. The Bertz CT molecular complexity index is 607. The molecule has 1 amide bonds. The molecule has 0 aliphatic rings. The summed E-state index contributed by atoms with van der Waals surface area (Å²) in [6, 6.07) is 4.66. The van der Waals surface area contributed by atoms with E-state index < -0.39 is 0 Å². The van der Waals surface area contributed by atoms with E-state index >= 15 is 0 Å². The molecule has 2 rings (SSSR count). The molecule has 0 saturated carbocycles. The van der Waals surface area contributed by atoms with Crippen molar-refractivity contribution in [1.82, 2.24) is 5.32 Å². The van der Waals surface area contributed by atoms with Gasteiger partial charge in [0.05, 0.1) is 4.88 Å². The number of fused-ring (bicyclic) bond motifs is 1. The third-order valence-corrected chi connectivity index (χ3v) is 4.26. The van der Waals surface area contributed by atoms with Crippen LogP contribution in [0.1, 0.15) is 28.6 Å². The lowest BCUT2D eigenvalue weighted by atomic mass is 10.1. The van der Waals surface area contributed by atoms with Crippen LogP contribution in [0.25, 0.3) is 10.1 Å². The van der Waals surface area contributed by atoms with E-state index in [1.807, 2.05) is 13.8 Å². The number of carbonyl (C=O) groups is 1. The van der Waals surface area contributed by atoms with E-state index in [2.05, 4.69) is 5.32 Å². The number of carbonyl (C=O) groups excluding carboxylic acids is 1. The molecule has 102 valence electrons. The van der Waals surface area contributed by atoms with Gasteiger partial charge >= 0.3 is 0 Å². The van der Waals surface area contributed by atoms with Crippen molar-refractivity contribution >= 4 is 27.3 Å². The van der Waals surface area contributed by atoms with Gasteiger partial charge < -0.3 is 11.1 Å². The van der Waals surface area contributed by atoms with Gasteiger partial charge in [-0.25, -0.2) is 4.39 Å². The Labute approximate surface area is 115 Å². The predicted octanol–water partition coefficient (Wildman–Crippen LogP) is 2.82. The van der Waals surface area contributed by atoms with Crippen molar-refractivity contribution in [3.63, 3.8) is 0 Å². The van der Waals surface area contributed by atoms with E-state index in [4.69, 9.17) is 5.73 Å². The topological polar surface area (TPSA) is 55.1 Å². The van der Waals surface area contributed by atoms with Gasteiger partial charge in [-0.1, -0.05) is 0 Å². The number of amides is 1. The zero-order chi connectivity index (χ0) is 14.0. The molecular formula is C14H17FN2OS. The van der Waals surface area contributed by atoms with E-state index in [1.54, 1.807) is 6.07 Å². The number of halogens is 1. The normalized spacial score (nSPS) is 12.6. The summed E-state index contributed by atoms with van der Waals surface area (Å²) in [5.41, 5.74) is 6.47. The Hall–Kier alpha value is -1.46. The minimum atomic E-state index is -0.280. The number of aryl methyl sites for hydroxylation is 1. The van der Waals surface area contributed by atoms with E-state index in [1.165, 1.54) is 23.5 Å². The number of hydrogen-bond donors (Lipinski definition) is 2. The van der Waals surface area contributed by atoms with Crippen molar-refractivity contribution in [3.05, 3.63) is 34.5 Å². The van der Waals surface area contributed by atoms with E-state index in [0.29, 0.717) is 11.4 Å². The molecule has 0 aliphatic carbocycles. The summed E-state index contributed by atoms with van der Waals surface area (Å²) < 4.78 is 14.1. The summed E-state index contributed by atoms with van der Waals surface area (Å²) in [6.07, 6.45) is 0.740. The molecule has 0 bridgehead atoms. The number of rotatable bonds is 4. The highest BCUT2D eigenvalue weighted by Gasteiger charge is 2.15. The molecule has 0 spiro atoms. The van der Waals surface area contributed by atoms with Crippen LogP contribution in [-0.2, 0) is 0 Å². The Morgan fingerprint density at radius 3 is 2.95 bits per heavy atom. The molecule has 0 fully saturated rings. The number of thiophene rings is 1. The maximum atomic E-state index is 13.2. The van der Waals surface area contributed by atoms with Gasteiger partial charge in [0.25, 0.3) is 5.91 Å². The Balaban J connectivity index is 2.20. The van der Waals surface area contributed by atoms with E-state index in [0.717, 1.165) is 22.1 Å². The van der Waals surface area contributed by atoms with Crippen LogP contribution in [-0.4, -0.2) is 18.5 Å². The van der Waals surface area contributed by atoms with Crippen LogP contribution in [0.3, 0.4) is 0 Å². The minimum Gasteiger partial charge on any atom is -0.351 e. The first-order chi connectivity index (χ1) is 8.99. The summed E-state index contributed by atoms with van der Waals surface area (Å²) in [7, 11) is 0. The SMILES string of the molecule is Cc1c(C(=O)NCCC(C)N)sc2ccc(F)cc12. The highest BCUT2D eigenvalue weighted by atomic mass is 32.1. The quantitative estimate of drug-likeness (QED) is 0.905. The van der Waals surface area contributed by atoms with Gasteiger partial charge in [-0.15, -0.1) is 11.3 Å². The molecule has 1 atom stereocenters. The Morgan fingerprint density at radius 1 is 1.53 bits per heavy atom. The van der Waals surface area contributed by atoms with Gasteiger partial charge in [0.1, 0.15) is 5.82 Å². The minimum absolute atomic E-state index is 0.0675. The first-order valence-electron chi connectivity index (χ1n) is 6.21. The maximum absolute atomic E-state index is 13.2. The van der Waals surface area contributed by atoms with Crippen molar-refractivity contribution in [2.45, 2.75) is 26.3 Å². The lowest BCUT2D eigenvalue weighted by Crippen LogP contribution is -2.28. The lowest BCUT2D eigenvalue weighted by molar-refractivity contribution is 0.0956. The van der Waals surface area contributed by atoms with Crippen LogP contribution in [0.2, 0.25) is 0 Å². The molecule has 1 heterocycles. The maximum Gasteiger partial charge on any atom is 0.261 e. The average molecular weight is 280 g/mol. The second-order valence-electron chi connectivity index (χ2n) is 4.72. The van der Waals surface area contributed by atoms with Crippen LogP contribution in [0.4, 0.5) is 4.39 Å². The zero-order valence-corrected chi connectivity index (χ0v) is 11.8. The first kappa shape index (κ1) is 14.0. The van der Waals surface area contributed by atoms with Gasteiger partial charge in [0.2, 0.25) is 0 Å². The highest BCUT2D eigenvalue weighted by molar-refractivity contribution is 7.21. The molecule has 3 nitrogen and oxygen atoms in total. The smallest absolute Gasteiger partial charge is 0.261 e. The zero-order valence-electron chi connectivity index (χ0n) is 11.0. The Morgan fingerprint density at radius 2 is 2.26 bits per heavy atom. The molecular weight excluding hydrogens is 263 g/mol. The summed E-state index contributed by atoms with van der Waals surface area (Å²) in [6.45, 7) is 4.30. The molecule has 0 radical (unpaired) electrons. The molecule has 2 aromatic rings. The fourth-order valence-electron chi connectivity index (χ4n) is 1.90. The predicted molar refractivity (Wildman–Crippen MR) is 77.1 cm³/mol. The Kier molecular flexibility index (Phi) is 4.17. The number of benzene rings is 1. The second kappa shape index (κ2) is 5.67. The van der Waals surface area contributed by atoms with Crippen molar-refractivity contribution in [3.8, 4) is 0 Å². The van der Waals surface area contributed by atoms with Crippen molar-refractivity contribution in [2.24, 2.45) is 5.73 Å². The average Bonchev–Trinajstić information content (AvgIpc) is 2.66. The molecule has 1 unspecified atom stereocenters. The summed E-state index contributed by atoms with van der Waals surface area (Å²) >= 11 is 1.39. The van der Waals surface area contributed by atoms with E-state index in [9.17, 15) is 9.18 Å². The summed E-state index contributed by atoms with van der Waals surface area (Å²) in [5.74, 6) is -0.392. The highest BCUT2D eigenvalue weighted by Crippen LogP contribution is 2.31. The molecule has 0 saturated heterocycles. The summed E-state index contributed by atoms with van der Waals surface area (Å²) in [4.78, 5) is 12.7. The van der Waals surface area contributed by atoms with Crippen molar-refractivity contribution in [1.29, 1.82) is 0 Å². The van der Waals surface area contributed by atoms with Gasteiger partial charge in [0, 0.05) is 17.3 Å². The van der Waals surface area contributed by atoms with Crippen LogP contribution in [0.15, 0.2) is 18.2 Å². The molecule has 1 aromatic heterocycles. The number of nitrogens with one attached hydrogen (secondary N) is 1. The molecule has 19 heavy (non-hydrogen) atoms. The molecule has 3 N–H and O–H groups in total. The number of hydrogen-bond acceptors (Lipinski definition) is 3. The fraction of sp³-hybridized carbons (Fsp3) is 0.357. The summed E-state index contributed by atoms with van der Waals surface area (Å²) in [5, 5.41) is 3.65.